The molecule has 0 saturated heterocycles. The summed E-state index contributed by atoms with van der Waals surface area (Å²) < 4.78 is 2.31. The van der Waals surface area contributed by atoms with Crippen molar-refractivity contribution in [3.8, 4) is 0 Å². The van der Waals surface area contributed by atoms with Gasteiger partial charge in [0.2, 0.25) is 0 Å². The zero-order chi connectivity index (χ0) is 9.68. The molecule has 0 bridgehead atoms. The molecule has 0 fully saturated rings. The molecule has 0 aliphatic carbocycles. The van der Waals surface area contributed by atoms with E-state index in [1.165, 1.54) is 18.5 Å². The van der Waals surface area contributed by atoms with Gasteiger partial charge in [-0.05, 0) is 25.5 Å². The molecule has 2 N–H and O–H groups in total. The molecule has 0 aromatic carbocycles. The SMILES string of the molecule is CCCCn1cccc1CC(C)N. The first-order valence-electron chi connectivity index (χ1n) is 5.13. The molecule has 0 spiro atoms. The van der Waals surface area contributed by atoms with Crippen molar-refractivity contribution in [2.24, 2.45) is 5.73 Å². The Balaban J connectivity index is 2.55. The molecule has 1 atom stereocenters. The molecule has 1 aromatic rings. The second-order valence-electron chi connectivity index (χ2n) is 3.73. The average Bonchev–Trinajstić information content (AvgIpc) is 2.48. The van der Waals surface area contributed by atoms with Crippen LogP contribution in [0, 0.1) is 0 Å². The largest absolute Gasteiger partial charge is 0.351 e. The van der Waals surface area contributed by atoms with Crippen molar-refractivity contribution in [3.05, 3.63) is 24.0 Å². The molecule has 0 aliphatic heterocycles. The molecular formula is C11H20N2. The standard InChI is InChI=1S/C11H20N2/c1-3-4-7-13-8-5-6-11(13)9-10(2)12/h5-6,8,10H,3-4,7,9,12H2,1-2H3. The molecule has 1 rings (SSSR count). The summed E-state index contributed by atoms with van der Waals surface area (Å²) >= 11 is 0. The average molecular weight is 180 g/mol. The van der Waals surface area contributed by atoms with Crippen LogP contribution in [-0.2, 0) is 13.0 Å². The maximum Gasteiger partial charge on any atom is 0.0222 e. The van der Waals surface area contributed by atoms with E-state index >= 15 is 0 Å². The summed E-state index contributed by atoms with van der Waals surface area (Å²) in [6.07, 6.45) is 5.63. The summed E-state index contributed by atoms with van der Waals surface area (Å²) in [5, 5.41) is 0. The molecule has 2 nitrogen and oxygen atoms in total. The van der Waals surface area contributed by atoms with E-state index in [0.717, 1.165) is 13.0 Å². The molecule has 1 heterocycles. The Hall–Kier alpha value is -0.760. The molecule has 0 radical (unpaired) electrons. The Kier molecular flexibility index (Phi) is 4.03. The summed E-state index contributed by atoms with van der Waals surface area (Å²) in [6.45, 7) is 5.40. The minimum atomic E-state index is 0.260. The van der Waals surface area contributed by atoms with Gasteiger partial charge in [-0.15, -0.1) is 0 Å². The van der Waals surface area contributed by atoms with Gasteiger partial charge in [-0.2, -0.15) is 0 Å². The zero-order valence-electron chi connectivity index (χ0n) is 8.66. The number of rotatable bonds is 5. The maximum absolute atomic E-state index is 5.77. The Bertz CT molecular complexity index is 238. The predicted molar refractivity (Wildman–Crippen MR) is 56.7 cm³/mol. The first kappa shape index (κ1) is 10.3. The van der Waals surface area contributed by atoms with Crippen LogP contribution in [0.3, 0.4) is 0 Å². The van der Waals surface area contributed by atoms with E-state index < -0.39 is 0 Å². The van der Waals surface area contributed by atoms with Crippen LogP contribution in [0.2, 0.25) is 0 Å². The number of aromatic nitrogens is 1. The van der Waals surface area contributed by atoms with Crippen LogP contribution in [0.15, 0.2) is 18.3 Å². The second kappa shape index (κ2) is 5.07. The third-order valence-electron chi connectivity index (χ3n) is 2.21. The van der Waals surface area contributed by atoms with Gasteiger partial charge in [0, 0.05) is 30.9 Å². The van der Waals surface area contributed by atoms with Gasteiger partial charge < -0.3 is 10.3 Å². The van der Waals surface area contributed by atoms with Gasteiger partial charge in [-0.25, -0.2) is 0 Å². The van der Waals surface area contributed by atoms with E-state index in [4.69, 9.17) is 5.73 Å². The monoisotopic (exact) mass is 180 g/mol. The second-order valence-corrected chi connectivity index (χ2v) is 3.73. The van der Waals surface area contributed by atoms with Gasteiger partial charge in [0.25, 0.3) is 0 Å². The van der Waals surface area contributed by atoms with E-state index in [-0.39, 0.29) is 6.04 Å². The van der Waals surface area contributed by atoms with Crippen molar-refractivity contribution < 1.29 is 0 Å². The van der Waals surface area contributed by atoms with Gasteiger partial charge in [-0.1, -0.05) is 13.3 Å². The van der Waals surface area contributed by atoms with Gasteiger partial charge in [-0.3, -0.25) is 0 Å². The van der Waals surface area contributed by atoms with Crippen LogP contribution in [0.1, 0.15) is 32.4 Å². The van der Waals surface area contributed by atoms with E-state index in [0.29, 0.717) is 0 Å². The van der Waals surface area contributed by atoms with Crippen molar-refractivity contribution >= 4 is 0 Å². The minimum Gasteiger partial charge on any atom is -0.351 e. The highest BCUT2D eigenvalue weighted by Gasteiger charge is 2.02. The fourth-order valence-corrected chi connectivity index (χ4v) is 1.51. The molecule has 1 aromatic heterocycles. The Labute approximate surface area is 80.7 Å². The highest BCUT2D eigenvalue weighted by molar-refractivity contribution is 5.08. The predicted octanol–water partition coefficient (Wildman–Crippen LogP) is 2.18. The van der Waals surface area contributed by atoms with Crippen LogP contribution < -0.4 is 5.73 Å². The molecule has 0 amide bonds. The smallest absolute Gasteiger partial charge is 0.0222 e. The molecule has 0 saturated carbocycles. The fraction of sp³-hybridized carbons (Fsp3) is 0.636. The number of nitrogens with two attached hydrogens (primary N) is 1. The van der Waals surface area contributed by atoms with Crippen LogP contribution in [0.4, 0.5) is 0 Å². The number of aryl methyl sites for hydroxylation is 1. The summed E-state index contributed by atoms with van der Waals surface area (Å²) in [7, 11) is 0. The van der Waals surface area contributed by atoms with E-state index in [2.05, 4.69) is 36.7 Å². The van der Waals surface area contributed by atoms with Crippen LogP contribution in [-0.4, -0.2) is 10.6 Å². The van der Waals surface area contributed by atoms with E-state index in [1.807, 2.05) is 0 Å². The molecular weight excluding hydrogens is 160 g/mol. The van der Waals surface area contributed by atoms with Crippen molar-refractivity contribution in [2.45, 2.75) is 45.7 Å². The normalized spacial score (nSPS) is 13.2. The Morgan fingerprint density at radius 3 is 2.92 bits per heavy atom. The zero-order valence-corrected chi connectivity index (χ0v) is 8.66. The van der Waals surface area contributed by atoms with Crippen molar-refractivity contribution in [2.75, 3.05) is 0 Å². The summed E-state index contributed by atoms with van der Waals surface area (Å²) in [5.74, 6) is 0. The Morgan fingerprint density at radius 2 is 2.31 bits per heavy atom. The molecule has 0 aliphatic rings. The van der Waals surface area contributed by atoms with Gasteiger partial charge in [0.1, 0.15) is 0 Å². The van der Waals surface area contributed by atoms with Gasteiger partial charge >= 0.3 is 0 Å². The van der Waals surface area contributed by atoms with Crippen molar-refractivity contribution in [1.82, 2.24) is 4.57 Å². The molecule has 2 heteroatoms. The van der Waals surface area contributed by atoms with E-state index in [9.17, 15) is 0 Å². The lowest BCUT2D eigenvalue weighted by Crippen LogP contribution is -2.19. The third kappa shape index (κ3) is 3.23. The maximum atomic E-state index is 5.77. The topological polar surface area (TPSA) is 30.9 Å². The highest BCUT2D eigenvalue weighted by Crippen LogP contribution is 2.06. The lowest BCUT2D eigenvalue weighted by molar-refractivity contribution is 0.591. The highest BCUT2D eigenvalue weighted by atomic mass is 15.0. The number of hydrogen-bond acceptors (Lipinski definition) is 1. The minimum absolute atomic E-state index is 0.260. The van der Waals surface area contributed by atoms with Crippen molar-refractivity contribution in [1.29, 1.82) is 0 Å². The van der Waals surface area contributed by atoms with Crippen LogP contribution in [0.25, 0.3) is 0 Å². The Morgan fingerprint density at radius 1 is 1.54 bits per heavy atom. The van der Waals surface area contributed by atoms with Crippen LogP contribution >= 0.6 is 0 Å². The lowest BCUT2D eigenvalue weighted by atomic mass is 10.2. The fourth-order valence-electron chi connectivity index (χ4n) is 1.51. The first-order valence-corrected chi connectivity index (χ1v) is 5.13. The quantitative estimate of drug-likeness (QED) is 0.739. The number of unbranched alkanes of at least 4 members (excludes halogenated alkanes) is 1. The first-order chi connectivity index (χ1) is 6.24. The number of hydrogen-bond donors (Lipinski definition) is 1. The summed E-state index contributed by atoms with van der Waals surface area (Å²) in [4.78, 5) is 0. The summed E-state index contributed by atoms with van der Waals surface area (Å²) in [5.41, 5.74) is 7.13. The van der Waals surface area contributed by atoms with Gasteiger partial charge in [0.15, 0.2) is 0 Å². The molecule has 74 valence electrons. The van der Waals surface area contributed by atoms with Crippen molar-refractivity contribution in [3.63, 3.8) is 0 Å². The van der Waals surface area contributed by atoms with Gasteiger partial charge in [0.05, 0.1) is 0 Å². The van der Waals surface area contributed by atoms with E-state index in [1.54, 1.807) is 0 Å². The third-order valence-corrected chi connectivity index (χ3v) is 2.21. The van der Waals surface area contributed by atoms with Crippen LogP contribution in [0.5, 0.6) is 0 Å². The molecule has 1 unspecified atom stereocenters. The lowest BCUT2D eigenvalue weighted by Gasteiger charge is -2.10. The number of nitrogens with zero attached hydrogens (tertiary/aromatic N) is 1. The molecule has 13 heavy (non-hydrogen) atoms. The summed E-state index contributed by atoms with van der Waals surface area (Å²) in [6, 6.07) is 4.53.